The molecule has 1 nitrogen and oxygen atoms in total. The van der Waals surface area contributed by atoms with E-state index in [2.05, 4.69) is 65.8 Å². The third-order valence-electron chi connectivity index (χ3n) is 3.33. The van der Waals surface area contributed by atoms with E-state index >= 15 is 0 Å². The molecule has 4 heteroatoms. The fraction of sp³-hybridized carbons (Fsp3) is 1.00. The van der Waals surface area contributed by atoms with Crippen molar-refractivity contribution in [2.75, 3.05) is 0 Å². The first-order chi connectivity index (χ1) is 5.22. The van der Waals surface area contributed by atoms with Gasteiger partial charge in [-0.2, -0.15) is 25.3 Å². The topological polar surface area (TPSA) is 3.24 Å². The SMILES string of the molecule is CC1C(C)C(C)(S)N(S)C1(C)S. The summed E-state index contributed by atoms with van der Waals surface area (Å²) < 4.78 is 1.95. The molecule has 1 fully saturated rings. The standard InChI is InChI=1S/C8H17NS3/c1-5-6(2)8(4,11)9(12)7(5,3)10/h5-6,10-12H,1-4H3. The van der Waals surface area contributed by atoms with Gasteiger partial charge in [-0.25, -0.2) is 4.31 Å². The number of hydrogen-bond donors (Lipinski definition) is 3. The van der Waals surface area contributed by atoms with Crippen LogP contribution in [0.5, 0.6) is 0 Å². The Labute approximate surface area is 91.6 Å². The number of hydrogen-bond acceptors (Lipinski definition) is 4. The summed E-state index contributed by atoms with van der Waals surface area (Å²) in [6, 6.07) is 0. The number of thiol groups is 3. The van der Waals surface area contributed by atoms with Crippen molar-refractivity contribution in [3.63, 3.8) is 0 Å². The minimum absolute atomic E-state index is 0.168. The molecule has 12 heavy (non-hydrogen) atoms. The molecule has 0 aromatic heterocycles. The van der Waals surface area contributed by atoms with Crippen LogP contribution in [0.15, 0.2) is 0 Å². The van der Waals surface area contributed by atoms with Crippen molar-refractivity contribution >= 4 is 38.1 Å². The van der Waals surface area contributed by atoms with Gasteiger partial charge < -0.3 is 0 Å². The minimum atomic E-state index is -0.168. The van der Waals surface area contributed by atoms with Gasteiger partial charge in [0.1, 0.15) is 0 Å². The maximum absolute atomic E-state index is 4.61. The van der Waals surface area contributed by atoms with Crippen LogP contribution in [0.2, 0.25) is 0 Å². The average molecular weight is 223 g/mol. The lowest BCUT2D eigenvalue weighted by atomic mass is 9.91. The van der Waals surface area contributed by atoms with Crippen LogP contribution in [0.25, 0.3) is 0 Å². The molecule has 72 valence electrons. The maximum atomic E-state index is 4.61. The van der Waals surface area contributed by atoms with Gasteiger partial charge >= 0.3 is 0 Å². The molecule has 4 unspecified atom stereocenters. The normalized spacial score (nSPS) is 56.2. The maximum Gasteiger partial charge on any atom is 0.0750 e. The highest BCUT2D eigenvalue weighted by molar-refractivity contribution is 7.86. The van der Waals surface area contributed by atoms with E-state index in [0.717, 1.165) is 0 Å². The monoisotopic (exact) mass is 223 g/mol. The summed E-state index contributed by atoms with van der Waals surface area (Å²) in [6.07, 6.45) is 0. The van der Waals surface area contributed by atoms with Crippen LogP contribution in [0.1, 0.15) is 27.7 Å². The minimum Gasteiger partial charge on any atom is -0.222 e. The summed E-state index contributed by atoms with van der Waals surface area (Å²) in [5.74, 6) is 0.974. The molecule has 1 rings (SSSR count). The molecule has 0 amide bonds. The Kier molecular flexibility index (Phi) is 2.78. The zero-order chi connectivity index (χ0) is 9.73. The van der Waals surface area contributed by atoms with E-state index < -0.39 is 0 Å². The van der Waals surface area contributed by atoms with Crippen molar-refractivity contribution in [2.45, 2.75) is 37.4 Å². The third kappa shape index (κ3) is 1.31. The molecular weight excluding hydrogens is 206 g/mol. The zero-order valence-electron chi connectivity index (χ0n) is 7.94. The van der Waals surface area contributed by atoms with Crippen molar-refractivity contribution in [2.24, 2.45) is 11.8 Å². The molecular formula is C8H17NS3. The van der Waals surface area contributed by atoms with Crippen molar-refractivity contribution in [3.8, 4) is 0 Å². The van der Waals surface area contributed by atoms with E-state index in [1.807, 2.05) is 4.31 Å². The molecule has 0 saturated carbocycles. The molecule has 0 aromatic carbocycles. The van der Waals surface area contributed by atoms with Crippen LogP contribution in [0.4, 0.5) is 0 Å². The van der Waals surface area contributed by atoms with Gasteiger partial charge in [0.25, 0.3) is 0 Å². The Bertz CT molecular complexity index is 171. The molecule has 1 saturated heterocycles. The van der Waals surface area contributed by atoms with Gasteiger partial charge in [0.05, 0.1) is 9.74 Å². The van der Waals surface area contributed by atoms with Gasteiger partial charge in [0.2, 0.25) is 0 Å². The quantitative estimate of drug-likeness (QED) is 0.533. The second-order valence-corrected chi connectivity index (χ2v) is 6.29. The van der Waals surface area contributed by atoms with Gasteiger partial charge in [-0.15, -0.1) is 0 Å². The van der Waals surface area contributed by atoms with E-state index in [4.69, 9.17) is 0 Å². The van der Waals surface area contributed by atoms with E-state index in [9.17, 15) is 0 Å². The Morgan fingerprint density at radius 2 is 1.25 bits per heavy atom. The number of rotatable bonds is 0. The lowest BCUT2D eigenvalue weighted by Crippen LogP contribution is -2.40. The molecule has 0 aromatic rings. The van der Waals surface area contributed by atoms with Crippen LogP contribution < -0.4 is 0 Å². The van der Waals surface area contributed by atoms with Crippen LogP contribution in [-0.2, 0) is 0 Å². The predicted octanol–water partition coefficient (Wildman–Crippen LogP) is 2.71. The van der Waals surface area contributed by atoms with Gasteiger partial charge in [-0.1, -0.05) is 26.7 Å². The van der Waals surface area contributed by atoms with Crippen LogP contribution in [0, 0.1) is 11.8 Å². The lowest BCUT2D eigenvalue weighted by Gasteiger charge is -2.35. The highest BCUT2D eigenvalue weighted by atomic mass is 32.1. The van der Waals surface area contributed by atoms with E-state index in [1.165, 1.54) is 0 Å². The van der Waals surface area contributed by atoms with Crippen molar-refractivity contribution in [1.29, 1.82) is 0 Å². The molecule has 0 bridgehead atoms. The fourth-order valence-electron chi connectivity index (χ4n) is 1.79. The second-order valence-electron chi connectivity index (χ2n) is 4.08. The van der Waals surface area contributed by atoms with Crippen molar-refractivity contribution < 1.29 is 0 Å². The molecule has 0 spiro atoms. The smallest absolute Gasteiger partial charge is 0.0750 e. The Morgan fingerprint density at radius 3 is 1.33 bits per heavy atom. The molecule has 1 aliphatic rings. The largest absolute Gasteiger partial charge is 0.222 e. The summed E-state index contributed by atoms with van der Waals surface area (Å²) in [5.41, 5.74) is 0. The molecule has 0 radical (unpaired) electrons. The zero-order valence-corrected chi connectivity index (χ0v) is 10.6. The average Bonchev–Trinajstić information content (AvgIpc) is 2.06. The Morgan fingerprint density at radius 1 is 1.00 bits per heavy atom. The van der Waals surface area contributed by atoms with Crippen LogP contribution in [-0.4, -0.2) is 14.0 Å². The first kappa shape index (κ1) is 11.1. The Balaban J connectivity index is 3.03. The predicted molar refractivity (Wildman–Crippen MR) is 63.9 cm³/mol. The van der Waals surface area contributed by atoms with Gasteiger partial charge in [0, 0.05) is 0 Å². The van der Waals surface area contributed by atoms with Crippen LogP contribution >= 0.6 is 38.1 Å². The molecule has 1 heterocycles. The number of nitrogens with zero attached hydrogens (tertiary/aromatic N) is 1. The first-order valence-electron chi connectivity index (χ1n) is 4.16. The van der Waals surface area contributed by atoms with Crippen molar-refractivity contribution in [3.05, 3.63) is 0 Å². The van der Waals surface area contributed by atoms with E-state index in [0.29, 0.717) is 11.8 Å². The summed E-state index contributed by atoms with van der Waals surface area (Å²) in [7, 11) is 0. The molecule has 0 aliphatic carbocycles. The summed E-state index contributed by atoms with van der Waals surface area (Å²) in [5, 5.41) is 0. The van der Waals surface area contributed by atoms with Crippen molar-refractivity contribution in [1.82, 2.24) is 4.31 Å². The molecule has 0 N–H and O–H groups in total. The van der Waals surface area contributed by atoms with E-state index in [-0.39, 0.29) is 9.74 Å². The van der Waals surface area contributed by atoms with Gasteiger partial charge in [-0.3, -0.25) is 0 Å². The van der Waals surface area contributed by atoms with Crippen LogP contribution in [0.3, 0.4) is 0 Å². The van der Waals surface area contributed by atoms with E-state index in [1.54, 1.807) is 0 Å². The van der Waals surface area contributed by atoms with Gasteiger partial charge in [-0.05, 0) is 25.7 Å². The first-order valence-corrected chi connectivity index (χ1v) is 5.45. The highest BCUT2D eigenvalue weighted by Gasteiger charge is 2.54. The molecule has 4 atom stereocenters. The second kappa shape index (κ2) is 3.01. The lowest BCUT2D eigenvalue weighted by molar-refractivity contribution is 0.318. The summed E-state index contributed by atoms with van der Waals surface area (Å²) in [6.45, 7) is 8.57. The third-order valence-corrected chi connectivity index (χ3v) is 5.69. The highest BCUT2D eigenvalue weighted by Crippen LogP contribution is 2.53. The fourth-order valence-corrected chi connectivity index (χ4v) is 3.10. The van der Waals surface area contributed by atoms with Gasteiger partial charge in [0.15, 0.2) is 0 Å². The summed E-state index contributed by atoms with van der Waals surface area (Å²) >= 11 is 13.7. The summed E-state index contributed by atoms with van der Waals surface area (Å²) in [4.78, 5) is -0.335. The Hall–Kier alpha value is 1.01. The molecule has 1 aliphatic heterocycles.